The van der Waals surface area contributed by atoms with Crippen molar-refractivity contribution in [3.63, 3.8) is 0 Å². The molecule has 134 valence electrons. The van der Waals surface area contributed by atoms with Gasteiger partial charge in [0.25, 0.3) is 5.91 Å². The highest BCUT2D eigenvalue weighted by atomic mass is 16.5. The summed E-state index contributed by atoms with van der Waals surface area (Å²) in [5, 5.41) is 7.03. The van der Waals surface area contributed by atoms with Crippen molar-refractivity contribution in [2.24, 2.45) is 5.92 Å². The number of amides is 1. The van der Waals surface area contributed by atoms with E-state index < -0.39 is 5.97 Å². The molecule has 5 heteroatoms. The predicted molar refractivity (Wildman–Crippen MR) is 93.7 cm³/mol. The maximum absolute atomic E-state index is 12.5. The standard InChI is InChI=1S/C18H34N2O3/c1-5-8-13-20(16(9-6-2)10-7-3)17(21)14-23-18(22)15(4)11-12-19/h12,15-16,19H,5-11,13-14H2,1-4H3. The molecule has 0 aromatic carbocycles. The summed E-state index contributed by atoms with van der Waals surface area (Å²) in [5.41, 5.74) is 0. The first-order valence-electron chi connectivity index (χ1n) is 8.96. The molecule has 0 aromatic heterocycles. The van der Waals surface area contributed by atoms with E-state index in [9.17, 15) is 9.59 Å². The molecule has 0 saturated carbocycles. The van der Waals surface area contributed by atoms with Gasteiger partial charge in [-0.15, -0.1) is 0 Å². The Morgan fingerprint density at radius 3 is 2.22 bits per heavy atom. The second kappa shape index (κ2) is 13.1. The van der Waals surface area contributed by atoms with Crippen molar-refractivity contribution in [1.82, 2.24) is 4.90 Å². The summed E-state index contributed by atoms with van der Waals surface area (Å²) in [4.78, 5) is 26.2. The fourth-order valence-electron chi connectivity index (χ4n) is 2.59. The Morgan fingerprint density at radius 2 is 1.74 bits per heavy atom. The number of esters is 1. The number of carbonyl (C=O) groups excluding carboxylic acids is 2. The van der Waals surface area contributed by atoms with E-state index in [1.807, 2.05) is 4.90 Å². The largest absolute Gasteiger partial charge is 0.455 e. The van der Waals surface area contributed by atoms with E-state index in [-0.39, 0.29) is 24.5 Å². The number of hydrogen-bond acceptors (Lipinski definition) is 4. The number of carbonyl (C=O) groups is 2. The number of ether oxygens (including phenoxy) is 1. The van der Waals surface area contributed by atoms with Crippen LogP contribution in [0.3, 0.4) is 0 Å². The lowest BCUT2D eigenvalue weighted by atomic mass is 10.0. The van der Waals surface area contributed by atoms with Crippen LogP contribution >= 0.6 is 0 Å². The van der Waals surface area contributed by atoms with Crippen LogP contribution in [0.5, 0.6) is 0 Å². The fourth-order valence-corrected chi connectivity index (χ4v) is 2.59. The van der Waals surface area contributed by atoms with Crippen molar-refractivity contribution in [3.05, 3.63) is 0 Å². The summed E-state index contributed by atoms with van der Waals surface area (Å²) in [7, 11) is 0. The van der Waals surface area contributed by atoms with Gasteiger partial charge in [0.05, 0.1) is 5.92 Å². The van der Waals surface area contributed by atoms with Crippen LogP contribution in [0.2, 0.25) is 0 Å². The monoisotopic (exact) mass is 326 g/mol. The molecule has 0 aromatic rings. The number of rotatable bonds is 13. The zero-order chi connectivity index (χ0) is 17.7. The summed E-state index contributed by atoms with van der Waals surface area (Å²) in [6.07, 6.45) is 7.59. The molecule has 1 amide bonds. The van der Waals surface area contributed by atoms with Crippen molar-refractivity contribution < 1.29 is 14.3 Å². The Hall–Kier alpha value is -1.39. The normalized spacial score (nSPS) is 12.0. The molecule has 0 heterocycles. The highest BCUT2D eigenvalue weighted by Gasteiger charge is 2.24. The van der Waals surface area contributed by atoms with E-state index in [0.29, 0.717) is 6.42 Å². The summed E-state index contributed by atoms with van der Waals surface area (Å²) < 4.78 is 5.15. The van der Waals surface area contributed by atoms with E-state index in [2.05, 4.69) is 20.8 Å². The second-order valence-electron chi connectivity index (χ2n) is 6.12. The van der Waals surface area contributed by atoms with E-state index in [1.165, 1.54) is 6.21 Å². The maximum Gasteiger partial charge on any atom is 0.309 e. The molecule has 0 spiro atoms. The molecule has 0 aliphatic rings. The smallest absolute Gasteiger partial charge is 0.309 e. The molecule has 0 bridgehead atoms. The van der Waals surface area contributed by atoms with Crippen molar-refractivity contribution in [2.75, 3.05) is 13.2 Å². The average Bonchev–Trinajstić information content (AvgIpc) is 2.53. The molecule has 0 rings (SSSR count). The Balaban J connectivity index is 4.71. The highest BCUT2D eigenvalue weighted by molar-refractivity contribution is 5.82. The van der Waals surface area contributed by atoms with Gasteiger partial charge in [-0.25, -0.2) is 0 Å². The second-order valence-corrected chi connectivity index (χ2v) is 6.12. The molecule has 5 nitrogen and oxygen atoms in total. The Kier molecular flexibility index (Phi) is 12.3. The third-order valence-corrected chi connectivity index (χ3v) is 3.97. The van der Waals surface area contributed by atoms with Crippen LogP contribution in [-0.2, 0) is 14.3 Å². The SMILES string of the molecule is CCCCN(C(=O)COC(=O)C(C)CC=N)C(CCC)CCC. The van der Waals surface area contributed by atoms with Crippen LogP contribution in [0.1, 0.15) is 72.6 Å². The van der Waals surface area contributed by atoms with Crippen LogP contribution in [0.4, 0.5) is 0 Å². The van der Waals surface area contributed by atoms with Gasteiger partial charge in [0.1, 0.15) is 0 Å². The minimum absolute atomic E-state index is 0.0965. The van der Waals surface area contributed by atoms with Gasteiger partial charge >= 0.3 is 5.97 Å². The molecule has 0 fully saturated rings. The van der Waals surface area contributed by atoms with Crippen molar-refractivity contribution in [1.29, 1.82) is 5.41 Å². The fraction of sp³-hybridized carbons (Fsp3) is 0.833. The molecule has 1 atom stereocenters. The zero-order valence-corrected chi connectivity index (χ0v) is 15.3. The van der Waals surface area contributed by atoms with Crippen LogP contribution < -0.4 is 0 Å². The van der Waals surface area contributed by atoms with Crippen LogP contribution in [-0.4, -0.2) is 42.2 Å². The van der Waals surface area contributed by atoms with E-state index in [0.717, 1.165) is 45.1 Å². The van der Waals surface area contributed by atoms with Crippen LogP contribution in [0.25, 0.3) is 0 Å². The molecular formula is C18H34N2O3. The van der Waals surface area contributed by atoms with E-state index in [4.69, 9.17) is 10.1 Å². The molecule has 1 N–H and O–H groups in total. The van der Waals surface area contributed by atoms with Crippen molar-refractivity contribution in [2.45, 2.75) is 78.7 Å². The van der Waals surface area contributed by atoms with Gasteiger partial charge in [0.15, 0.2) is 6.61 Å². The van der Waals surface area contributed by atoms with Crippen molar-refractivity contribution >= 4 is 18.1 Å². The Morgan fingerprint density at radius 1 is 1.13 bits per heavy atom. The number of nitrogens with zero attached hydrogens (tertiary/aromatic N) is 1. The third kappa shape index (κ3) is 8.72. The van der Waals surface area contributed by atoms with Gasteiger partial charge in [-0.1, -0.05) is 47.0 Å². The first kappa shape index (κ1) is 21.6. The number of unbranched alkanes of at least 4 members (excludes halogenated alkanes) is 1. The minimum Gasteiger partial charge on any atom is -0.455 e. The van der Waals surface area contributed by atoms with Gasteiger partial charge < -0.3 is 15.0 Å². The lowest BCUT2D eigenvalue weighted by Gasteiger charge is -2.32. The topological polar surface area (TPSA) is 70.5 Å². The quantitative estimate of drug-likeness (QED) is 0.413. The zero-order valence-electron chi connectivity index (χ0n) is 15.3. The van der Waals surface area contributed by atoms with E-state index in [1.54, 1.807) is 6.92 Å². The predicted octanol–water partition coefficient (Wildman–Crippen LogP) is 3.80. The number of nitrogens with one attached hydrogen (secondary N) is 1. The first-order chi connectivity index (χ1) is 11.0. The lowest BCUT2D eigenvalue weighted by Crippen LogP contribution is -2.43. The first-order valence-corrected chi connectivity index (χ1v) is 8.96. The summed E-state index contributed by atoms with van der Waals surface area (Å²) in [6.45, 7) is 8.62. The summed E-state index contributed by atoms with van der Waals surface area (Å²) >= 11 is 0. The molecule has 23 heavy (non-hydrogen) atoms. The highest BCUT2D eigenvalue weighted by Crippen LogP contribution is 2.15. The molecule has 0 aliphatic carbocycles. The van der Waals surface area contributed by atoms with Gasteiger partial charge in [0, 0.05) is 12.6 Å². The molecule has 0 aliphatic heterocycles. The Labute approximate surface area is 141 Å². The lowest BCUT2D eigenvalue weighted by molar-refractivity contribution is -0.156. The summed E-state index contributed by atoms with van der Waals surface area (Å²) in [5.74, 6) is -0.868. The summed E-state index contributed by atoms with van der Waals surface area (Å²) in [6, 6.07) is 0.238. The van der Waals surface area contributed by atoms with Gasteiger partial charge in [0.2, 0.25) is 0 Å². The minimum atomic E-state index is -0.403. The third-order valence-electron chi connectivity index (χ3n) is 3.97. The van der Waals surface area contributed by atoms with Crippen molar-refractivity contribution in [3.8, 4) is 0 Å². The molecular weight excluding hydrogens is 292 g/mol. The van der Waals surface area contributed by atoms with Gasteiger partial charge in [-0.2, -0.15) is 0 Å². The molecule has 1 unspecified atom stereocenters. The number of hydrogen-bond donors (Lipinski definition) is 1. The molecule has 0 radical (unpaired) electrons. The Bertz CT molecular complexity index is 352. The van der Waals surface area contributed by atoms with Gasteiger partial charge in [-0.05, 0) is 31.9 Å². The molecule has 0 saturated heterocycles. The van der Waals surface area contributed by atoms with Gasteiger partial charge in [-0.3, -0.25) is 9.59 Å². The van der Waals surface area contributed by atoms with E-state index >= 15 is 0 Å². The average molecular weight is 326 g/mol. The van der Waals surface area contributed by atoms with Crippen LogP contribution in [0.15, 0.2) is 0 Å². The van der Waals surface area contributed by atoms with Crippen LogP contribution in [0, 0.1) is 11.3 Å². The maximum atomic E-state index is 12.5.